The molecule has 0 saturated carbocycles. The molecule has 1 aromatic heterocycles. The predicted molar refractivity (Wildman–Crippen MR) is 81.2 cm³/mol. The highest BCUT2D eigenvalue weighted by Gasteiger charge is 2.23. The van der Waals surface area contributed by atoms with Gasteiger partial charge in [0.05, 0.1) is 18.1 Å². The molecule has 2 aromatic rings. The van der Waals surface area contributed by atoms with Gasteiger partial charge in [-0.3, -0.25) is 4.79 Å². The lowest BCUT2D eigenvalue weighted by Crippen LogP contribution is -2.33. The molecule has 114 valence electrons. The average molecular weight is 311 g/mol. The van der Waals surface area contributed by atoms with E-state index < -0.39 is 0 Å². The van der Waals surface area contributed by atoms with Gasteiger partial charge in [0.25, 0.3) is 5.91 Å². The van der Waals surface area contributed by atoms with Crippen molar-refractivity contribution in [3.63, 3.8) is 0 Å². The second kappa shape index (κ2) is 6.98. The van der Waals surface area contributed by atoms with Gasteiger partial charge >= 0.3 is 0 Å². The molecule has 1 amide bonds. The van der Waals surface area contributed by atoms with E-state index >= 15 is 0 Å². The Balaban J connectivity index is 2.54. The van der Waals surface area contributed by atoms with Gasteiger partial charge < -0.3 is 14.7 Å². The summed E-state index contributed by atoms with van der Waals surface area (Å²) in [6.07, 6.45) is 0. The number of aliphatic hydroxyl groups is 1. The highest BCUT2D eigenvalue weighted by molar-refractivity contribution is 7.21. The van der Waals surface area contributed by atoms with Crippen molar-refractivity contribution in [3.05, 3.63) is 34.5 Å². The van der Waals surface area contributed by atoms with Crippen LogP contribution in [0.3, 0.4) is 0 Å². The second-order valence-electron chi connectivity index (χ2n) is 4.56. The number of amides is 1. The number of hydrogen-bond acceptors (Lipinski definition) is 4. The quantitative estimate of drug-likeness (QED) is 0.892. The van der Waals surface area contributed by atoms with Crippen LogP contribution in [0.5, 0.6) is 0 Å². The van der Waals surface area contributed by atoms with E-state index in [9.17, 15) is 9.18 Å². The first-order chi connectivity index (χ1) is 10.1. The largest absolute Gasteiger partial charge is 0.395 e. The van der Waals surface area contributed by atoms with Crippen LogP contribution in [0.25, 0.3) is 10.1 Å². The van der Waals surface area contributed by atoms with Crippen molar-refractivity contribution < 1.29 is 19.0 Å². The SMILES string of the molecule is CCN(CCO)C(=O)c1sc2cccc(F)c2c1COC. The number of likely N-dealkylation sites (N-methyl/N-ethyl adjacent to an activating group) is 1. The number of carbonyl (C=O) groups excluding carboxylic acids is 1. The Kier molecular flexibility index (Phi) is 5.27. The number of nitrogens with zero attached hydrogens (tertiary/aromatic N) is 1. The molecule has 1 aromatic carbocycles. The lowest BCUT2D eigenvalue weighted by atomic mass is 10.1. The van der Waals surface area contributed by atoms with Crippen molar-refractivity contribution in [1.29, 1.82) is 0 Å². The van der Waals surface area contributed by atoms with Crippen molar-refractivity contribution in [1.82, 2.24) is 4.90 Å². The fourth-order valence-electron chi connectivity index (χ4n) is 2.29. The van der Waals surface area contributed by atoms with Crippen LogP contribution in [-0.2, 0) is 11.3 Å². The summed E-state index contributed by atoms with van der Waals surface area (Å²) in [5.41, 5.74) is 0.581. The minimum Gasteiger partial charge on any atom is -0.395 e. The summed E-state index contributed by atoms with van der Waals surface area (Å²) in [6, 6.07) is 4.81. The van der Waals surface area contributed by atoms with E-state index in [1.165, 1.54) is 24.5 Å². The van der Waals surface area contributed by atoms with E-state index in [-0.39, 0.29) is 31.5 Å². The molecule has 0 unspecified atom stereocenters. The lowest BCUT2D eigenvalue weighted by Gasteiger charge is -2.19. The van der Waals surface area contributed by atoms with Gasteiger partial charge in [0.1, 0.15) is 5.82 Å². The van der Waals surface area contributed by atoms with Crippen LogP contribution in [0.2, 0.25) is 0 Å². The standard InChI is InChI=1S/C15H18FNO3S/c1-3-17(7-8-18)15(19)14-10(9-20-2)13-11(16)5-4-6-12(13)21-14/h4-6,18H,3,7-9H2,1-2H3. The zero-order valence-corrected chi connectivity index (χ0v) is 12.9. The molecule has 2 rings (SSSR count). The van der Waals surface area contributed by atoms with Crippen molar-refractivity contribution in [2.24, 2.45) is 0 Å². The molecule has 0 radical (unpaired) electrons. The summed E-state index contributed by atoms with van der Waals surface area (Å²) in [4.78, 5) is 14.6. The third-order valence-corrected chi connectivity index (χ3v) is 4.47. The molecule has 21 heavy (non-hydrogen) atoms. The number of aliphatic hydroxyl groups excluding tert-OH is 1. The summed E-state index contributed by atoms with van der Waals surface area (Å²) in [5, 5.41) is 9.50. The van der Waals surface area contributed by atoms with Crippen LogP contribution >= 0.6 is 11.3 Å². The highest BCUT2D eigenvalue weighted by Crippen LogP contribution is 2.34. The molecule has 1 heterocycles. The molecule has 0 fully saturated rings. The second-order valence-corrected chi connectivity index (χ2v) is 5.62. The smallest absolute Gasteiger partial charge is 0.264 e. The van der Waals surface area contributed by atoms with Crippen LogP contribution in [0.15, 0.2) is 18.2 Å². The van der Waals surface area contributed by atoms with Gasteiger partial charge in [-0.1, -0.05) is 6.07 Å². The Hall–Kier alpha value is -1.50. The predicted octanol–water partition coefficient (Wildman–Crippen LogP) is 2.64. The normalized spacial score (nSPS) is 11.0. The number of thiophene rings is 1. The fraction of sp³-hybridized carbons (Fsp3) is 0.400. The number of carbonyl (C=O) groups is 1. The summed E-state index contributed by atoms with van der Waals surface area (Å²) in [5.74, 6) is -0.542. The molecule has 0 aliphatic heterocycles. The van der Waals surface area contributed by atoms with E-state index in [0.717, 1.165) is 4.70 Å². The number of methoxy groups -OCH3 is 1. The molecule has 4 nitrogen and oxygen atoms in total. The summed E-state index contributed by atoms with van der Waals surface area (Å²) in [7, 11) is 1.52. The Morgan fingerprint density at radius 3 is 2.86 bits per heavy atom. The minimum atomic E-state index is -0.347. The van der Waals surface area contributed by atoms with Crippen LogP contribution < -0.4 is 0 Å². The maximum atomic E-state index is 14.1. The van der Waals surface area contributed by atoms with E-state index in [1.807, 2.05) is 6.92 Å². The van der Waals surface area contributed by atoms with Gasteiger partial charge in [0.2, 0.25) is 0 Å². The van der Waals surface area contributed by atoms with Gasteiger partial charge in [-0.15, -0.1) is 11.3 Å². The Labute approximate surface area is 126 Å². The first kappa shape index (κ1) is 15.9. The summed E-state index contributed by atoms with van der Waals surface area (Å²) in [6.45, 7) is 2.68. The van der Waals surface area contributed by atoms with Crippen LogP contribution in [0.4, 0.5) is 4.39 Å². The van der Waals surface area contributed by atoms with Gasteiger partial charge in [-0.05, 0) is 19.1 Å². The van der Waals surface area contributed by atoms with Crippen LogP contribution in [-0.4, -0.2) is 42.7 Å². The van der Waals surface area contributed by atoms with Crippen LogP contribution in [0.1, 0.15) is 22.2 Å². The zero-order valence-electron chi connectivity index (χ0n) is 12.1. The molecule has 0 bridgehead atoms. The van der Waals surface area contributed by atoms with E-state index in [2.05, 4.69) is 0 Å². The highest BCUT2D eigenvalue weighted by atomic mass is 32.1. The van der Waals surface area contributed by atoms with Gasteiger partial charge in [-0.2, -0.15) is 0 Å². The fourth-order valence-corrected chi connectivity index (χ4v) is 3.48. The number of benzene rings is 1. The molecule has 6 heteroatoms. The first-order valence-corrected chi connectivity index (χ1v) is 7.54. The molecule has 0 atom stereocenters. The van der Waals surface area contributed by atoms with E-state index in [0.29, 0.717) is 22.4 Å². The molecule has 0 saturated heterocycles. The van der Waals surface area contributed by atoms with E-state index in [4.69, 9.17) is 9.84 Å². The molecule has 0 aliphatic rings. The van der Waals surface area contributed by atoms with Crippen LogP contribution in [0, 0.1) is 5.82 Å². The molecular weight excluding hydrogens is 293 g/mol. The third-order valence-electron chi connectivity index (χ3n) is 3.29. The number of halogens is 1. The number of hydrogen-bond donors (Lipinski definition) is 1. The zero-order chi connectivity index (χ0) is 15.4. The maximum Gasteiger partial charge on any atom is 0.264 e. The van der Waals surface area contributed by atoms with Gasteiger partial charge in [-0.25, -0.2) is 4.39 Å². The van der Waals surface area contributed by atoms with Crippen molar-refractivity contribution in [3.8, 4) is 0 Å². The molecule has 0 aliphatic carbocycles. The molecule has 1 N–H and O–H groups in total. The Morgan fingerprint density at radius 2 is 2.24 bits per heavy atom. The summed E-state index contributed by atoms with van der Waals surface area (Å²) < 4.78 is 19.9. The lowest BCUT2D eigenvalue weighted by molar-refractivity contribution is 0.0733. The summed E-state index contributed by atoms with van der Waals surface area (Å²) >= 11 is 1.26. The first-order valence-electron chi connectivity index (χ1n) is 6.73. The van der Waals surface area contributed by atoms with Crippen molar-refractivity contribution >= 4 is 27.3 Å². The molecular formula is C15H18FNO3S. The van der Waals surface area contributed by atoms with E-state index in [1.54, 1.807) is 17.0 Å². The Bertz CT molecular complexity index is 641. The third kappa shape index (κ3) is 3.07. The van der Waals surface area contributed by atoms with Gasteiger partial charge in [0, 0.05) is 35.8 Å². The molecule has 0 spiro atoms. The maximum absolute atomic E-state index is 14.1. The number of ether oxygens (including phenoxy) is 1. The van der Waals surface area contributed by atoms with Gasteiger partial charge in [0.15, 0.2) is 0 Å². The topological polar surface area (TPSA) is 49.8 Å². The minimum absolute atomic E-state index is 0.0988. The van der Waals surface area contributed by atoms with Crippen molar-refractivity contribution in [2.45, 2.75) is 13.5 Å². The monoisotopic (exact) mass is 311 g/mol. The number of rotatable bonds is 6. The number of fused-ring (bicyclic) bond motifs is 1. The average Bonchev–Trinajstić information content (AvgIpc) is 2.84. The Morgan fingerprint density at radius 1 is 1.48 bits per heavy atom. The van der Waals surface area contributed by atoms with Crippen molar-refractivity contribution in [2.75, 3.05) is 26.8 Å².